The van der Waals surface area contributed by atoms with E-state index in [1.807, 2.05) is 30.3 Å². The Labute approximate surface area is 143 Å². The van der Waals surface area contributed by atoms with E-state index in [0.29, 0.717) is 30.9 Å². The summed E-state index contributed by atoms with van der Waals surface area (Å²) in [6.45, 7) is 0.330. The van der Waals surface area contributed by atoms with Crippen LogP contribution in [0, 0.1) is 11.3 Å². The van der Waals surface area contributed by atoms with Gasteiger partial charge in [-0.2, -0.15) is 5.26 Å². The van der Waals surface area contributed by atoms with Gasteiger partial charge in [-0.3, -0.25) is 4.79 Å². The molecule has 0 unspecified atom stereocenters. The highest BCUT2D eigenvalue weighted by Crippen LogP contribution is 2.15. The lowest BCUT2D eigenvalue weighted by Gasteiger charge is -2.07. The van der Waals surface area contributed by atoms with E-state index >= 15 is 0 Å². The average Bonchev–Trinajstić information content (AvgIpc) is 3.05. The molecular weight excluding hydrogens is 322 g/mol. The molecular formula is C18H15N3O4. The van der Waals surface area contributed by atoms with E-state index in [-0.39, 0.29) is 11.1 Å². The van der Waals surface area contributed by atoms with Crippen LogP contribution < -0.4 is 5.56 Å². The molecule has 0 saturated heterocycles. The van der Waals surface area contributed by atoms with Gasteiger partial charge in [-0.1, -0.05) is 12.1 Å². The van der Waals surface area contributed by atoms with Crippen molar-refractivity contribution in [2.24, 2.45) is 0 Å². The van der Waals surface area contributed by atoms with Crippen LogP contribution in [0.4, 0.5) is 0 Å². The van der Waals surface area contributed by atoms with Crippen molar-refractivity contribution >= 4 is 17.1 Å². The van der Waals surface area contributed by atoms with Crippen LogP contribution >= 0.6 is 0 Å². The van der Waals surface area contributed by atoms with Gasteiger partial charge in [0, 0.05) is 19.2 Å². The number of esters is 1. The lowest BCUT2D eigenvalue weighted by Crippen LogP contribution is -2.24. The van der Waals surface area contributed by atoms with Gasteiger partial charge < -0.3 is 13.7 Å². The van der Waals surface area contributed by atoms with Crippen molar-refractivity contribution < 1.29 is 13.9 Å². The number of benzene rings is 1. The number of aromatic nitrogens is 2. The number of methoxy groups -OCH3 is 1. The number of nitriles is 1. The number of nitrogens with zero attached hydrogens (tertiary/aromatic N) is 3. The summed E-state index contributed by atoms with van der Waals surface area (Å²) < 4.78 is 11.6. The topological polar surface area (TPSA) is 98.1 Å². The van der Waals surface area contributed by atoms with E-state index in [9.17, 15) is 9.59 Å². The lowest BCUT2D eigenvalue weighted by molar-refractivity contribution is 0.0599. The van der Waals surface area contributed by atoms with Gasteiger partial charge >= 0.3 is 5.97 Å². The molecule has 2 heterocycles. The summed E-state index contributed by atoms with van der Waals surface area (Å²) >= 11 is 0. The summed E-state index contributed by atoms with van der Waals surface area (Å²) in [5.74, 6) is -0.0110. The zero-order chi connectivity index (χ0) is 17.8. The second kappa shape index (κ2) is 7.01. The molecule has 0 N–H and O–H groups in total. The Morgan fingerprint density at radius 2 is 2.20 bits per heavy atom. The van der Waals surface area contributed by atoms with Crippen LogP contribution in [-0.4, -0.2) is 22.6 Å². The van der Waals surface area contributed by atoms with Gasteiger partial charge in [0.15, 0.2) is 11.5 Å². The molecule has 0 aliphatic rings. The van der Waals surface area contributed by atoms with Crippen LogP contribution in [-0.2, 0) is 17.7 Å². The molecule has 0 saturated carbocycles. The third kappa shape index (κ3) is 3.43. The number of oxazole rings is 1. The molecule has 0 aliphatic heterocycles. The molecule has 25 heavy (non-hydrogen) atoms. The Balaban J connectivity index is 1.77. The number of pyridine rings is 1. The number of rotatable bonds is 5. The van der Waals surface area contributed by atoms with Crippen LogP contribution in [0.3, 0.4) is 0 Å². The number of para-hydroxylation sites is 2. The minimum atomic E-state index is -0.593. The van der Waals surface area contributed by atoms with E-state index in [2.05, 4.69) is 9.72 Å². The summed E-state index contributed by atoms with van der Waals surface area (Å²) in [4.78, 5) is 28.2. The van der Waals surface area contributed by atoms with Crippen LogP contribution in [0.5, 0.6) is 0 Å². The predicted octanol–water partition coefficient (Wildman–Crippen LogP) is 2.28. The summed E-state index contributed by atoms with van der Waals surface area (Å²) in [5, 5.41) is 9.07. The maximum atomic E-state index is 12.2. The fraction of sp³-hybridized carbons (Fsp3) is 0.222. The van der Waals surface area contributed by atoms with Crippen molar-refractivity contribution in [1.82, 2.24) is 9.55 Å². The molecule has 7 nitrogen and oxygen atoms in total. The highest BCUT2D eigenvalue weighted by Gasteiger charge is 2.13. The molecule has 0 bridgehead atoms. The second-order valence-corrected chi connectivity index (χ2v) is 5.42. The van der Waals surface area contributed by atoms with Crippen LogP contribution in [0.2, 0.25) is 0 Å². The van der Waals surface area contributed by atoms with Crippen LogP contribution in [0.15, 0.2) is 45.7 Å². The number of ether oxygens (including phenoxy) is 1. The summed E-state index contributed by atoms with van der Waals surface area (Å²) in [7, 11) is 1.25. The van der Waals surface area contributed by atoms with Gasteiger partial charge in [-0.25, -0.2) is 9.78 Å². The first-order chi connectivity index (χ1) is 12.1. The molecule has 0 fully saturated rings. The maximum Gasteiger partial charge on any atom is 0.339 e. The fourth-order valence-corrected chi connectivity index (χ4v) is 2.54. The Morgan fingerprint density at radius 3 is 2.92 bits per heavy atom. The average molecular weight is 337 g/mol. The Bertz CT molecular complexity index is 994. The summed E-state index contributed by atoms with van der Waals surface area (Å²) in [5.41, 5.74) is 1.14. The van der Waals surface area contributed by atoms with Crippen molar-refractivity contribution in [3.8, 4) is 6.07 Å². The fourth-order valence-electron chi connectivity index (χ4n) is 2.54. The van der Waals surface area contributed by atoms with E-state index in [1.165, 1.54) is 23.9 Å². The first kappa shape index (κ1) is 16.5. The molecule has 1 aromatic carbocycles. The number of hydrogen-bond donors (Lipinski definition) is 0. The molecule has 0 spiro atoms. The highest BCUT2D eigenvalue weighted by molar-refractivity contribution is 5.89. The molecule has 126 valence electrons. The van der Waals surface area contributed by atoms with Gasteiger partial charge in [0.2, 0.25) is 0 Å². The van der Waals surface area contributed by atoms with Crippen molar-refractivity contribution in [2.75, 3.05) is 7.11 Å². The van der Waals surface area contributed by atoms with Gasteiger partial charge in [-0.05, 0) is 24.6 Å². The SMILES string of the molecule is COC(=O)c1cc(C#N)c(=O)n(CCCc2nc3ccccc3o2)c1. The normalized spacial score (nSPS) is 10.6. The van der Waals surface area contributed by atoms with Crippen molar-refractivity contribution in [3.63, 3.8) is 0 Å². The molecule has 0 atom stereocenters. The highest BCUT2D eigenvalue weighted by atomic mass is 16.5. The third-order valence-corrected chi connectivity index (χ3v) is 3.76. The van der Waals surface area contributed by atoms with Crippen LogP contribution in [0.1, 0.15) is 28.2 Å². The monoisotopic (exact) mass is 337 g/mol. The van der Waals surface area contributed by atoms with Crippen molar-refractivity contribution in [3.05, 3.63) is 63.9 Å². The Kier molecular flexibility index (Phi) is 4.61. The zero-order valence-corrected chi connectivity index (χ0v) is 13.6. The zero-order valence-electron chi connectivity index (χ0n) is 13.6. The van der Waals surface area contributed by atoms with E-state index in [4.69, 9.17) is 9.68 Å². The number of carbonyl (C=O) groups excluding carboxylic acids is 1. The summed E-state index contributed by atoms with van der Waals surface area (Å²) in [6, 6.07) is 10.5. The molecule has 0 aliphatic carbocycles. The molecule has 7 heteroatoms. The molecule has 0 radical (unpaired) electrons. The predicted molar refractivity (Wildman–Crippen MR) is 89.1 cm³/mol. The summed E-state index contributed by atoms with van der Waals surface area (Å²) in [6.07, 6.45) is 2.51. The minimum absolute atomic E-state index is 0.0928. The molecule has 3 aromatic rings. The lowest BCUT2D eigenvalue weighted by atomic mass is 10.2. The second-order valence-electron chi connectivity index (χ2n) is 5.42. The largest absolute Gasteiger partial charge is 0.465 e. The van der Waals surface area contributed by atoms with Gasteiger partial charge in [-0.15, -0.1) is 0 Å². The van der Waals surface area contributed by atoms with Gasteiger partial charge in [0.25, 0.3) is 5.56 Å². The van der Waals surface area contributed by atoms with Gasteiger partial charge in [0.1, 0.15) is 17.1 Å². The molecule has 2 aromatic heterocycles. The Hall–Kier alpha value is -3.40. The minimum Gasteiger partial charge on any atom is -0.465 e. The number of fused-ring (bicyclic) bond motifs is 1. The van der Waals surface area contributed by atoms with Crippen LogP contribution in [0.25, 0.3) is 11.1 Å². The molecule has 3 rings (SSSR count). The third-order valence-electron chi connectivity index (χ3n) is 3.76. The van der Waals surface area contributed by atoms with Crippen molar-refractivity contribution in [2.45, 2.75) is 19.4 Å². The number of carbonyl (C=O) groups is 1. The quantitative estimate of drug-likeness (QED) is 0.662. The first-order valence-corrected chi connectivity index (χ1v) is 7.69. The van der Waals surface area contributed by atoms with E-state index in [0.717, 1.165) is 5.52 Å². The standard InChI is InChI=1S/C18H15N3O4/c1-24-18(23)13-9-12(10-19)17(22)21(11-13)8-4-7-16-20-14-5-2-3-6-15(14)25-16/h2-3,5-6,9,11H,4,7-8H2,1H3. The molecule has 0 amide bonds. The number of aryl methyl sites for hydroxylation is 2. The van der Waals surface area contributed by atoms with Crippen molar-refractivity contribution in [1.29, 1.82) is 5.26 Å². The van der Waals surface area contributed by atoms with E-state index < -0.39 is 11.5 Å². The maximum absolute atomic E-state index is 12.2. The smallest absolute Gasteiger partial charge is 0.339 e. The first-order valence-electron chi connectivity index (χ1n) is 7.69. The van der Waals surface area contributed by atoms with E-state index in [1.54, 1.807) is 0 Å². The van der Waals surface area contributed by atoms with Gasteiger partial charge in [0.05, 0.1) is 12.7 Å². The number of hydrogen-bond acceptors (Lipinski definition) is 6. The Morgan fingerprint density at radius 1 is 1.40 bits per heavy atom.